The molecule has 0 atom stereocenters. The summed E-state index contributed by atoms with van der Waals surface area (Å²) in [4.78, 5) is 25.0. The molecule has 0 spiro atoms. The molecular formula is C20H17F3N4O2. The first kappa shape index (κ1) is 20.2. The number of carbonyl (C=O) groups excluding carboxylic acids is 1. The molecule has 0 saturated carbocycles. The number of hydrogen-bond donors (Lipinski definition) is 1. The van der Waals surface area contributed by atoms with Gasteiger partial charge in [-0.1, -0.05) is 37.3 Å². The van der Waals surface area contributed by atoms with Crippen molar-refractivity contribution in [2.45, 2.75) is 26.1 Å². The first-order valence-electron chi connectivity index (χ1n) is 8.81. The number of halogens is 3. The Kier molecular flexibility index (Phi) is 5.76. The van der Waals surface area contributed by atoms with Crippen LogP contribution in [0, 0.1) is 0 Å². The van der Waals surface area contributed by atoms with Crippen LogP contribution in [0.3, 0.4) is 0 Å². The van der Waals surface area contributed by atoms with Crippen LogP contribution in [0.25, 0.3) is 10.8 Å². The normalized spacial score (nSPS) is 11.9. The molecule has 1 amide bonds. The zero-order chi connectivity index (χ0) is 21.0. The minimum absolute atomic E-state index is 0.0400. The number of nitrogens with one attached hydrogen (secondary N) is 1. The highest BCUT2D eigenvalue weighted by Crippen LogP contribution is 2.28. The maximum absolute atomic E-state index is 12.6. The second-order valence-corrected chi connectivity index (χ2v) is 6.24. The molecule has 0 fully saturated rings. The molecule has 1 heterocycles. The lowest BCUT2D eigenvalue weighted by molar-refractivity contribution is -0.137. The summed E-state index contributed by atoms with van der Waals surface area (Å²) in [5.74, 6) is -0.630. The molecule has 1 N–H and O–H groups in total. The summed E-state index contributed by atoms with van der Waals surface area (Å²) < 4.78 is 39.0. The van der Waals surface area contributed by atoms with E-state index < -0.39 is 17.6 Å². The number of hydrogen-bond acceptors (Lipinski definition) is 4. The first-order valence-corrected chi connectivity index (χ1v) is 8.81. The average molecular weight is 402 g/mol. The van der Waals surface area contributed by atoms with Gasteiger partial charge < -0.3 is 0 Å². The molecule has 1 aromatic heterocycles. The quantitative estimate of drug-likeness (QED) is 0.523. The Hall–Kier alpha value is -3.49. The summed E-state index contributed by atoms with van der Waals surface area (Å²) in [7, 11) is 0. The number of aromatic nitrogens is 2. The summed E-state index contributed by atoms with van der Waals surface area (Å²) >= 11 is 0. The minimum atomic E-state index is -4.42. The van der Waals surface area contributed by atoms with Crippen LogP contribution in [0.4, 0.5) is 13.2 Å². The number of benzene rings is 2. The molecular weight excluding hydrogens is 385 g/mol. The molecule has 9 heteroatoms. The van der Waals surface area contributed by atoms with Crippen molar-refractivity contribution in [3.63, 3.8) is 0 Å². The zero-order valence-electron chi connectivity index (χ0n) is 15.4. The van der Waals surface area contributed by atoms with Crippen molar-refractivity contribution in [1.82, 2.24) is 15.2 Å². The van der Waals surface area contributed by atoms with E-state index in [4.69, 9.17) is 0 Å². The SMILES string of the molecule is CCCn1nc(C(=O)N/N=C\c2ccc(C(F)(F)F)cc2)c2ccccc2c1=O. The smallest absolute Gasteiger partial charge is 0.267 e. The van der Waals surface area contributed by atoms with Crippen molar-refractivity contribution in [2.75, 3.05) is 0 Å². The maximum Gasteiger partial charge on any atom is 0.416 e. The van der Waals surface area contributed by atoms with Gasteiger partial charge in [0.25, 0.3) is 11.5 Å². The van der Waals surface area contributed by atoms with Crippen LogP contribution >= 0.6 is 0 Å². The van der Waals surface area contributed by atoms with Crippen molar-refractivity contribution >= 4 is 22.9 Å². The van der Waals surface area contributed by atoms with Gasteiger partial charge in [-0.3, -0.25) is 9.59 Å². The van der Waals surface area contributed by atoms with Gasteiger partial charge in [0.05, 0.1) is 17.2 Å². The fourth-order valence-corrected chi connectivity index (χ4v) is 2.74. The predicted octanol–water partition coefficient (Wildman–Crippen LogP) is 3.59. The zero-order valence-corrected chi connectivity index (χ0v) is 15.4. The second-order valence-electron chi connectivity index (χ2n) is 6.24. The number of fused-ring (bicyclic) bond motifs is 1. The Bertz CT molecular complexity index is 1120. The van der Waals surface area contributed by atoms with Crippen molar-refractivity contribution < 1.29 is 18.0 Å². The molecule has 0 aliphatic heterocycles. The van der Waals surface area contributed by atoms with Crippen LogP contribution in [0.15, 0.2) is 58.4 Å². The highest BCUT2D eigenvalue weighted by molar-refractivity contribution is 6.04. The highest BCUT2D eigenvalue weighted by Gasteiger charge is 2.29. The Balaban J connectivity index is 1.84. The van der Waals surface area contributed by atoms with Gasteiger partial charge >= 0.3 is 6.18 Å². The Labute approximate surface area is 163 Å². The molecule has 3 rings (SSSR count). The summed E-state index contributed by atoms with van der Waals surface area (Å²) in [6.07, 6.45) is -2.53. The number of amides is 1. The van der Waals surface area contributed by atoms with Gasteiger partial charge in [-0.05, 0) is 30.2 Å². The molecule has 150 valence electrons. The Morgan fingerprint density at radius 1 is 1.14 bits per heavy atom. The van der Waals surface area contributed by atoms with Crippen LogP contribution < -0.4 is 11.0 Å². The molecule has 0 aliphatic carbocycles. The van der Waals surface area contributed by atoms with Crippen LogP contribution in [0.1, 0.15) is 35.0 Å². The lowest BCUT2D eigenvalue weighted by atomic mass is 10.1. The number of rotatable bonds is 5. The van der Waals surface area contributed by atoms with Crippen LogP contribution in [0.2, 0.25) is 0 Å². The fraction of sp³-hybridized carbons (Fsp3) is 0.200. The monoisotopic (exact) mass is 402 g/mol. The van der Waals surface area contributed by atoms with Crippen molar-refractivity contribution in [3.05, 3.63) is 75.7 Å². The van der Waals surface area contributed by atoms with Crippen molar-refractivity contribution in [1.29, 1.82) is 0 Å². The topological polar surface area (TPSA) is 76.3 Å². The average Bonchev–Trinajstić information content (AvgIpc) is 2.70. The fourth-order valence-electron chi connectivity index (χ4n) is 2.74. The lowest BCUT2D eigenvalue weighted by Gasteiger charge is -2.09. The number of alkyl halides is 3. The van der Waals surface area contributed by atoms with Crippen molar-refractivity contribution in [3.8, 4) is 0 Å². The van der Waals surface area contributed by atoms with Crippen LogP contribution in [-0.4, -0.2) is 21.9 Å². The van der Waals surface area contributed by atoms with Gasteiger partial charge in [0, 0.05) is 11.9 Å². The minimum Gasteiger partial charge on any atom is -0.267 e. The maximum atomic E-state index is 12.6. The first-order chi connectivity index (χ1) is 13.8. The van der Waals surface area contributed by atoms with E-state index in [0.29, 0.717) is 29.3 Å². The van der Waals surface area contributed by atoms with Gasteiger partial charge in [-0.2, -0.15) is 23.4 Å². The molecule has 3 aromatic rings. The number of carbonyl (C=O) groups is 1. The van der Waals surface area contributed by atoms with Gasteiger partial charge in [-0.15, -0.1) is 0 Å². The largest absolute Gasteiger partial charge is 0.416 e. The van der Waals surface area contributed by atoms with E-state index in [1.54, 1.807) is 24.3 Å². The van der Waals surface area contributed by atoms with Crippen molar-refractivity contribution in [2.24, 2.45) is 5.10 Å². The Morgan fingerprint density at radius 3 is 2.41 bits per heavy atom. The van der Waals surface area contributed by atoms with E-state index in [0.717, 1.165) is 12.1 Å². The van der Waals surface area contributed by atoms with Crippen LogP contribution in [0.5, 0.6) is 0 Å². The van der Waals surface area contributed by atoms with Gasteiger partial charge in [0.15, 0.2) is 5.69 Å². The molecule has 0 aliphatic rings. The van der Waals surface area contributed by atoms with E-state index >= 15 is 0 Å². The number of aryl methyl sites for hydroxylation is 1. The summed E-state index contributed by atoms with van der Waals surface area (Å²) in [5, 5.41) is 8.69. The van der Waals surface area contributed by atoms with E-state index in [2.05, 4.69) is 15.6 Å². The van der Waals surface area contributed by atoms with Gasteiger partial charge in [-0.25, -0.2) is 10.1 Å². The molecule has 0 radical (unpaired) electrons. The molecule has 29 heavy (non-hydrogen) atoms. The lowest BCUT2D eigenvalue weighted by Crippen LogP contribution is -2.29. The summed E-state index contributed by atoms with van der Waals surface area (Å²) in [5.41, 5.74) is 1.67. The number of hydrazone groups is 1. The molecule has 0 unspecified atom stereocenters. The summed E-state index contributed by atoms with van der Waals surface area (Å²) in [6.45, 7) is 2.25. The molecule has 0 bridgehead atoms. The summed E-state index contributed by atoms with van der Waals surface area (Å²) in [6, 6.07) is 11.0. The molecule has 0 saturated heterocycles. The van der Waals surface area contributed by atoms with Gasteiger partial charge in [0.2, 0.25) is 0 Å². The number of nitrogens with zero attached hydrogens (tertiary/aromatic N) is 3. The Morgan fingerprint density at radius 2 is 1.79 bits per heavy atom. The van der Waals surface area contributed by atoms with E-state index in [1.165, 1.54) is 23.0 Å². The molecule has 6 nitrogen and oxygen atoms in total. The van der Waals surface area contributed by atoms with Gasteiger partial charge in [0.1, 0.15) is 0 Å². The third-order valence-electron chi connectivity index (χ3n) is 4.14. The van der Waals surface area contributed by atoms with E-state index in [1.807, 2.05) is 6.92 Å². The standard InChI is InChI=1S/C20H17F3N4O2/c1-2-11-27-19(29)16-6-4-3-5-15(16)17(26-27)18(28)25-24-12-13-7-9-14(10-8-13)20(21,22)23/h3-10,12H,2,11H2,1H3,(H,25,28)/b24-12-. The highest BCUT2D eigenvalue weighted by atomic mass is 19.4. The van der Waals surface area contributed by atoms with E-state index in [9.17, 15) is 22.8 Å². The third-order valence-corrected chi connectivity index (χ3v) is 4.14. The van der Waals surface area contributed by atoms with Crippen LogP contribution in [-0.2, 0) is 12.7 Å². The van der Waals surface area contributed by atoms with E-state index in [-0.39, 0.29) is 11.3 Å². The third kappa shape index (κ3) is 4.50. The predicted molar refractivity (Wildman–Crippen MR) is 103 cm³/mol. The molecule has 2 aromatic carbocycles. The second kappa shape index (κ2) is 8.26.